The number of aryl methyl sites for hydroxylation is 6. The third-order valence-electron chi connectivity index (χ3n) is 15.6. The second-order valence-electron chi connectivity index (χ2n) is 25.8. The number of allylic oxidation sites excluding steroid dienone is 22. The molecular weight excluding hydrogens is 1650 g/mol. The highest BCUT2D eigenvalue weighted by Gasteiger charge is 2.12. The molecule has 13 rings (SSSR count). The van der Waals surface area contributed by atoms with Crippen LogP contribution in [0.25, 0.3) is 110 Å². The molecule has 0 bridgehead atoms. The Bertz CT molecular complexity index is 5140. The molecule has 0 aliphatic carbocycles. The van der Waals surface area contributed by atoms with Gasteiger partial charge in [-0.15, -0.1) is 125 Å². The van der Waals surface area contributed by atoms with E-state index >= 15 is 0 Å². The van der Waals surface area contributed by atoms with Crippen molar-refractivity contribution >= 4 is 185 Å². The van der Waals surface area contributed by atoms with Gasteiger partial charge in [-0.05, 0) is 332 Å². The van der Waals surface area contributed by atoms with E-state index in [1.54, 1.807) is 11.3 Å². The molecule has 0 unspecified atom stereocenters. The monoisotopic (exact) mass is 1770 g/mol. The van der Waals surface area contributed by atoms with Gasteiger partial charge in [-0.1, -0.05) is 205 Å². The number of benzene rings is 2. The maximum absolute atomic E-state index is 2.25. The Balaban J connectivity index is 0.000000286. The Morgan fingerprint density at radius 1 is 0.143 bits per heavy atom. The van der Waals surface area contributed by atoms with Crippen LogP contribution < -0.4 is 0 Å². The topological polar surface area (TPSA) is 0 Å². The second kappa shape index (κ2) is 63.0. The summed E-state index contributed by atoms with van der Waals surface area (Å²) in [5.41, 5.74) is 5.08. The molecule has 0 saturated heterocycles. The van der Waals surface area contributed by atoms with E-state index in [0.717, 1.165) is 0 Å². The molecule has 11 heteroatoms. The average Bonchev–Trinajstić information content (AvgIpc) is 1.64. The van der Waals surface area contributed by atoms with Gasteiger partial charge in [-0.3, -0.25) is 0 Å². The van der Waals surface area contributed by atoms with Crippen molar-refractivity contribution in [2.75, 3.05) is 0 Å². The van der Waals surface area contributed by atoms with Gasteiger partial charge in [0.2, 0.25) is 0 Å². The Kier molecular flexibility index (Phi) is 54.2. The van der Waals surface area contributed by atoms with Crippen LogP contribution in [0.1, 0.15) is 178 Å². The van der Waals surface area contributed by atoms with Gasteiger partial charge in [0, 0.05) is 107 Å². The van der Waals surface area contributed by atoms with Crippen molar-refractivity contribution in [1.29, 1.82) is 0 Å². The fraction of sp³-hybridized carbons (Fsp3) is 0.185. The summed E-state index contributed by atoms with van der Waals surface area (Å²) in [5, 5.41) is 0. The van der Waals surface area contributed by atoms with Gasteiger partial charge in [-0.2, -0.15) is 0 Å². The van der Waals surface area contributed by atoms with Crippen LogP contribution >= 0.6 is 125 Å². The molecule has 0 atom stereocenters. The fourth-order valence-corrected chi connectivity index (χ4v) is 20.5. The molecule has 0 radical (unpaired) electrons. The summed E-state index contributed by atoms with van der Waals surface area (Å²) < 4.78 is 0. The van der Waals surface area contributed by atoms with E-state index in [2.05, 4.69) is 354 Å². The summed E-state index contributed by atoms with van der Waals surface area (Å²) in [6, 6.07) is 65.3. The lowest BCUT2D eigenvalue weighted by Crippen LogP contribution is -1.75. The summed E-state index contributed by atoms with van der Waals surface area (Å²) >= 11 is 20.3. The van der Waals surface area contributed by atoms with Crippen LogP contribution in [-0.2, 0) is 0 Å². The third-order valence-corrected chi connectivity index (χ3v) is 27.9. The smallest absolute Gasteiger partial charge is 0.0449 e. The first-order valence-corrected chi connectivity index (χ1v) is 49.0. The molecule has 0 nitrogen and oxygen atoms in total. The molecule has 0 N–H and O–H groups in total. The Hall–Kier alpha value is -9.02. The molecule has 11 aromatic heterocycles. The zero-order chi connectivity index (χ0) is 86.6. The molecule has 11 heterocycles. The van der Waals surface area contributed by atoms with Crippen molar-refractivity contribution in [3.05, 3.63) is 396 Å². The predicted octanol–water partition coefficient (Wildman–Crippen LogP) is 40.1. The summed E-state index contributed by atoms with van der Waals surface area (Å²) in [5.74, 6) is 0. The fourth-order valence-electron chi connectivity index (χ4n) is 9.80. The molecule has 0 fully saturated rings. The standard InChI is InChI=1S/C18H14S4.C16H16.C14H14S2.C12H12S2.C12H14S.C10H12S.C8H10S.C8H12.C6H10.C4H8/c1-11-3-5-13(19-11)15-7-9-17(21-15)18-10-8-16(22-18)14-6-4-12(2)20-14;1-13-3-7-15(8-4-13)11-12-16-9-5-14(2)6-10-16;1-3-5-11-7-9-13(15-11)14-10-8-12(16-14)6-4-2;1-3-4-10-6-8-12(14-10)11-7-5-9(2)13-11;1-3-5-6-8-12-10-9-11(13-12)7-4-2;1-3-5-9-7-8-10(11-9)6-4-2;1-3-4-8-6-5-7(2)9-8;1-3-5-7-8-6-4-2;1-3-5-6-4-2;1-3-4-2/h3-10H,1-2H3;3-12H,1-2H3;3-10H,1-2H3;3-8H,1-2H3;3-10H,1-2H3;3-8H,1-2H3;3-6H,1-2H3;3-8H,1-2H3;3-6H,1-2H3;3-4H,1-2H3/b;12-11+;5-3+,6-4+;4-3+;5-3+,7-4+,8-6+;5-3+,6-4+;4-3+;5-3+,6-4+,8-7+;5-3+,6-4+;4-3+. The normalized spacial score (nSPS) is 11.5. The second-order valence-corrected chi connectivity index (χ2v) is 38.8. The van der Waals surface area contributed by atoms with E-state index in [1.165, 1.54) is 130 Å². The largest absolute Gasteiger partial charge is 0.141 e. The van der Waals surface area contributed by atoms with Crippen molar-refractivity contribution in [2.45, 2.75) is 138 Å². The minimum absolute atomic E-state index is 1.24. The van der Waals surface area contributed by atoms with Crippen LogP contribution in [0, 0.1) is 41.5 Å². The van der Waals surface area contributed by atoms with Gasteiger partial charge in [-0.25, -0.2) is 0 Å². The van der Waals surface area contributed by atoms with Gasteiger partial charge in [0.25, 0.3) is 0 Å². The molecule has 620 valence electrons. The first kappa shape index (κ1) is 102. The maximum Gasteiger partial charge on any atom is 0.0449 e. The lowest BCUT2D eigenvalue weighted by atomic mass is 10.1. The van der Waals surface area contributed by atoms with E-state index in [-0.39, 0.29) is 0 Å². The predicted molar refractivity (Wildman–Crippen MR) is 568 cm³/mol. The molecule has 0 amide bonds. The summed E-state index contributed by atoms with van der Waals surface area (Å²) in [4.78, 5) is 29.7. The summed E-state index contributed by atoms with van der Waals surface area (Å²) in [6.07, 6.45) is 65.9. The van der Waals surface area contributed by atoms with E-state index in [1.807, 2.05) is 275 Å². The maximum atomic E-state index is 2.25. The van der Waals surface area contributed by atoms with Crippen LogP contribution in [-0.4, -0.2) is 0 Å². The summed E-state index contributed by atoms with van der Waals surface area (Å²) in [6.45, 7) is 41.1. The minimum Gasteiger partial charge on any atom is -0.141 e. The molecule has 0 spiro atoms. The Labute approximate surface area is 761 Å². The van der Waals surface area contributed by atoms with Gasteiger partial charge < -0.3 is 0 Å². The average molecular weight is 1770 g/mol. The molecule has 0 aliphatic heterocycles. The first-order chi connectivity index (χ1) is 57.8. The molecule has 119 heavy (non-hydrogen) atoms. The van der Waals surface area contributed by atoms with E-state index < -0.39 is 0 Å². The number of rotatable bonds is 19. The molecule has 0 saturated carbocycles. The number of thiophene rings is 11. The lowest BCUT2D eigenvalue weighted by Gasteiger charge is -1.96. The van der Waals surface area contributed by atoms with Crippen molar-refractivity contribution in [3.8, 4) is 48.8 Å². The van der Waals surface area contributed by atoms with Crippen LogP contribution in [0.5, 0.6) is 0 Å². The lowest BCUT2D eigenvalue weighted by molar-refractivity contribution is 1.46. The first-order valence-electron chi connectivity index (χ1n) is 40.0. The van der Waals surface area contributed by atoms with Crippen LogP contribution in [0.15, 0.2) is 316 Å². The Morgan fingerprint density at radius 2 is 0.345 bits per heavy atom. The molecular formula is C108H122S11. The summed E-state index contributed by atoms with van der Waals surface area (Å²) in [7, 11) is 0. The van der Waals surface area contributed by atoms with Gasteiger partial charge in [0.15, 0.2) is 0 Å². The van der Waals surface area contributed by atoms with Crippen molar-refractivity contribution in [1.82, 2.24) is 0 Å². The quantitative estimate of drug-likeness (QED) is 0.0430. The number of hydrogen-bond donors (Lipinski definition) is 0. The van der Waals surface area contributed by atoms with E-state index in [0.29, 0.717) is 0 Å². The minimum atomic E-state index is 1.24. The molecule has 2 aromatic carbocycles. The number of hydrogen-bond acceptors (Lipinski definition) is 11. The molecule has 13 aromatic rings. The van der Waals surface area contributed by atoms with Gasteiger partial charge in [0.05, 0.1) is 0 Å². The van der Waals surface area contributed by atoms with E-state index in [9.17, 15) is 0 Å². The highest BCUT2D eigenvalue weighted by Crippen LogP contribution is 2.43. The van der Waals surface area contributed by atoms with Crippen molar-refractivity contribution in [2.24, 2.45) is 0 Å². The highest BCUT2D eigenvalue weighted by molar-refractivity contribution is 7.28. The van der Waals surface area contributed by atoms with Gasteiger partial charge >= 0.3 is 0 Å². The zero-order valence-electron chi connectivity index (χ0n) is 73.3. The Morgan fingerprint density at radius 3 is 0.597 bits per heavy atom. The van der Waals surface area contributed by atoms with Crippen molar-refractivity contribution in [3.63, 3.8) is 0 Å². The third kappa shape index (κ3) is 43.2. The zero-order valence-corrected chi connectivity index (χ0v) is 82.3. The SMILES string of the molecule is C/C=C/C.C/C=C/C=C/C.C/C=C/C=C/C=C/C.C/C=C/C=C/c1ccc(/C=C/C)s1.C/C=C/c1ccc(-c2ccc(/C=C/C)s2)s1.C/C=C/c1ccc(-c2ccc(C)s2)s1.C/C=C/c1ccc(/C=C/C)s1.C/C=C/c1ccc(C)s1.Cc1ccc(-c2ccc(-c3ccc(-c4ccc(C)s4)s3)s2)s1.Cc1ccc(/C=C/c2ccc(C)cc2)cc1. The highest BCUT2D eigenvalue weighted by atomic mass is 32.1. The van der Waals surface area contributed by atoms with Crippen LogP contribution in [0.4, 0.5) is 0 Å². The van der Waals surface area contributed by atoms with Crippen LogP contribution in [0.2, 0.25) is 0 Å². The van der Waals surface area contributed by atoms with Crippen LogP contribution in [0.3, 0.4) is 0 Å². The molecule has 0 aliphatic rings. The van der Waals surface area contributed by atoms with Gasteiger partial charge in [0.1, 0.15) is 0 Å². The van der Waals surface area contributed by atoms with Crippen molar-refractivity contribution < 1.29 is 0 Å². The van der Waals surface area contributed by atoms with E-state index in [4.69, 9.17) is 0 Å².